The van der Waals surface area contributed by atoms with Gasteiger partial charge in [-0.15, -0.1) is 0 Å². The number of quaternary nitrogens is 1. The lowest BCUT2D eigenvalue weighted by molar-refractivity contribution is -0.895. The number of amides is 1. The standard InChI is InChI=1S/C19H20N4O3S/c20-14-16-6-4-5-9-18(16)21-19(24)15-22-10-12-23(13-11-22)27(25,26)17-7-2-1-3-8-17/h1-9H,10-13,15H2,(H,21,24)/p+1. The molecule has 1 aliphatic rings. The fourth-order valence-corrected chi connectivity index (χ4v) is 4.53. The van der Waals surface area contributed by atoms with E-state index in [1.54, 1.807) is 54.6 Å². The Morgan fingerprint density at radius 1 is 1.07 bits per heavy atom. The van der Waals surface area contributed by atoms with E-state index in [0.29, 0.717) is 42.3 Å². The van der Waals surface area contributed by atoms with Crippen molar-refractivity contribution >= 4 is 21.6 Å². The van der Waals surface area contributed by atoms with E-state index in [4.69, 9.17) is 5.26 Å². The van der Waals surface area contributed by atoms with Crippen LogP contribution in [-0.4, -0.2) is 51.4 Å². The number of piperazine rings is 1. The van der Waals surface area contributed by atoms with E-state index in [2.05, 4.69) is 5.32 Å². The predicted molar refractivity (Wildman–Crippen MR) is 101 cm³/mol. The molecule has 8 heteroatoms. The normalized spacial score (nSPS) is 15.8. The van der Waals surface area contributed by atoms with E-state index in [-0.39, 0.29) is 12.5 Å². The van der Waals surface area contributed by atoms with Gasteiger partial charge in [0, 0.05) is 0 Å². The number of nitrogens with zero attached hydrogens (tertiary/aromatic N) is 2. The van der Waals surface area contributed by atoms with Crippen molar-refractivity contribution in [2.24, 2.45) is 0 Å². The van der Waals surface area contributed by atoms with Gasteiger partial charge in [-0.05, 0) is 24.3 Å². The first-order chi connectivity index (χ1) is 13.0. The summed E-state index contributed by atoms with van der Waals surface area (Å²) in [7, 11) is -3.49. The number of hydrogen-bond acceptors (Lipinski definition) is 4. The molecule has 0 atom stereocenters. The van der Waals surface area contributed by atoms with Crippen LogP contribution in [0.1, 0.15) is 5.56 Å². The molecule has 1 fully saturated rings. The molecular formula is C19H21N4O3S+. The number of carbonyl (C=O) groups is 1. The van der Waals surface area contributed by atoms with Gasteiger partial charge in [0.1, 0.15) is 6.07 Å². The van der Waals surface area contributed by atoms with Crippen LogP contribution in [0.15, 0.2) is 59.5 Å². The van der Waals surface area contributed by atoms with E-state index in [1.165, 1.54) is 4.31 Å². The average molecular weight is 385 g/mol. The number of para-hydroxylation sites is 1. The number of rotatable bonds is 5. The maximum Gasteiger partial charge on any atom is 0.279 e. The summed E-state index contributed by atoms with van der Waals surface area (Å²) in [5, 5.41) is 11.8. The third kappa shape index (κ3) is 4.52. The fraction of sp³-hybridized carbons (Fsp3) is 0.263. The van der Waals surface area contributed by atoms with Gasteiger partial charge in [-0.2, -0.15) is 9.57 Å². The van der Waals surface area contributed by atoms with Gasteiger partial charge < -0.3 is 10.2 Å². The molecule has 0 aliphatic carbocycles. The highest BCUT2D eigenvalue weighted by Gasteiger charge is 2.31. The molecule has 1 aliphatic heterocycles. The Bertz CT molecular complexity index is 946. The minimum atomic E-state index is -3.49. The van der Waals surface area contributed by atoms with Crippen molar-refractivity contribution in [3.05, 3.63) is 60.2 Å². The Kier molecular flexibility index (Phi) is 5.86. The Labute approximate surface area is 158 Å². The first-order valence-corrected chi connectivity index (χ1v) is 10.1. The van der Waals surface area contributed by atoms with Gasteiger partial charge in [0.15, 0.2) is 6.54 Å². The van der Waals surface area contributed by atoms with Crippen LogP contribution >= 0.6 is 0 Å². The number of hydrogen-bond donors (Lipinski definition) is 2. The zero-order valence-electron chi connectivity index (χ0n) is 14.8. The zero-order chi connectivity index (χ0) is 19.3. The van der Waals surface area contributed by atoms with Gasteiger partial charge in [-0.3, -0.25) is 4.79 Å². The van der Waals surface area contributed by atoms with Gasteiger partial charge in [-0.1, -0.05) is 30.3 Å². The van der Waals surface area contributed by atoms with E-state index < -0.39 is 10.0 Å². The zero-order valence-corrected chi connectivity index (χ0v) is 15.6. The van der Waals surface area contributed by atoms with Crippen molar-refractivity contribution in [2.45, 2.75) is 4.90 Å². The lowest BCUT2D eigenvalue weighted by Crippen LogP contribution is -3.15. The van der Waals surface area contributed by atoms with Gasteiger partial charge in [0.2, 0.25) is 10.0 Å². The third-order valence-corrected chi connectivity index (χ3v) is 6.46. The number of nitrogens with one attached hydrogen (secondary N) is 2. The summed E-state index contributed by atoms with van der Waals surface area (Å²) in [4.78, 5) is 13.6. The first-order valence-electron chi connectivity index (χ1n) is 8.68. The van der Waals surface area contributed by atoms with Crippen LogP contribution < -0.4 is 10.2 Å². The van der Waals surface area contributed by atoms with Crippen molar-refractivity contribution in [2.75, 3.05) is 38.0 Å². The molecule has 7 nitrogen and oxygen atoms in total. The highest BCUT2D eigenvalue weighted by molar-refractivity contribution is 7.89. The molecule has 0 spiro atoms. The monoisotopic (exact) mass is 385 g/mol. The number of anilines is 1. The maximum absolute atomic E-state index is 12.6. The van der Waals surface area contributed by atoms with Crippen molar-refractivity contribution in [3.63, 3.8) is 0 Å². The maximum atomic E-state index is 12.6. The second-order valence-corrected chi connectivity index (χ2v) is 8.29. The van der Waals surface area contributed by atoms with Crippen molar-refractivity contribution in [1.82, 2.24) is 4.31 Å². The van der Waals surface area contributed by atoms with Crippen LogP contribution in [0, 0.1) is 11.3 Å². The Morgan fingerprint density at radius 2 is 1.70 bits per heavy atom. The largest absolute Gasteiger partial charge is 0.325 e. The molecule has 27 heavy (non-hydrogen) atoms. The molecule has 140 valence electrons. The van der Waals surface area contributed by atoms with Crippen molar-refractivity contribution < 1.29 is 18.1 Å². The lowest BCUT2D eigenvalue weighted by Gasteiger charge is -2.31. The van der Waals surface area contributed by atoms with Gasteiger partial charge in [0.25, 0.3) is 5.91 Å². The van der Waals surface area contributed by atoms with Crippen molar-refractivity contribution in [3.8, 4) is 6.07 Å². The highest BCUT2D eigenvalue weighted by atomic mass is 32.2. The summed E-state index contributed by atoms with van der Waals surface area (Å²) in [6, 6.07) is 17.3. The molecule has 2 N–H and O–H groups in total. The van der Waals surface area contributed by atoms with E-state index in [1.807, 2.05) is 6.07 Å². The first kappa shape index (κ1) is 19.0. The summed E-state index contributed by atoms with van der Waals surface area (Å²) in [5.74, 6) is -0.188. The molecule has 1 heterocycles. The summed E-state index contributed by atoms with van der Waals surface area (Å²) in [5.41, 5.74) is 0.911. The third-order valence-electron chi connectivity index (χ3n) is 4.54. The van der Waals surface area contributed by atoms with Gasteiger partial charge in [-0.25, -0.2) is 8.42 Å². The molecular weight excluding hydrogens is 364 g/mol. The second kappa shape index (κ2) is 8.31. The van der Waals surface area contributed by atoms with Crippen molar-refractivity contribution in [1.29, 1.82) is 5.26 Å². The molecule has 0 bridgehead atoms. The highest BCUT2D eigenvalue weighted by Crippen LogP contribution is 2.15. The Hall–Kier alpha value is -2.73. The predicted octanol–water partition coefficient (Wildman–Crippen LogP) is 0.0862. The SMILES string of the molecule is N#Cc1ccccc1NC(=O)C[NH+]1CCN(S(=O)(=O)c2ccccc2)CC1. The van der Waals surface area contributed by atoms with Crippen LogP contribution in [0.25, 0.3) is 0 Å². The molecule has 2 aromatic rings. The number of carbonyl (C=O) groups excluding carboxylic acids is 1. The average Bonchev–Trinajstić information content (AvgIpc) is 2.69. The van der Waals surface area contributed by atoms with Crippen LogP contribution in [-0.2, 0) is 14.8 Å². The lowest BCUT2D eigenvalue weighted by atomic mass is 10.2. The van der Waals surface area contributed by atoms with Gasteiger partial charge in [0.05, 0.1) is 42.3 Å². The van der Waals surface area contributed by atoms with Crippen LogP contribution in [0.2, 0.25) is 0 Å². The topological polar surface area (TPSA) is 94.7 Å². The van der Waals surface area contributed by atoms with Crippen LogP contribution in [0.3, 0.4) is 0 Å². The Balaban J connectivity index is 1.55. The fourth-order valence-electron chi connectivity index (χ4n) is 3.07. The second-order valence-electron chi connectivity index (χ2n) is 6.35. The van der Waals surface area contributed by atoms with Crippen LogP contribution in [0.5, 0.6) is 0 Å². The summed E-state index contributed by atoms with van der Waals surface area (Å²) in [6.45, 7) is 2.08. The molecule has 0 aromatic heterocycles. The summed E-state index contributed by atoms with van der Waals surface area (Å²) < 4.78 is 26.7. The van der Waals surface area contributed by atoms with E-state index in [0.717, 1.165) is 4.90 Å². The molecule has 3 rings (SSSR count). The molecule has 0 saturated carbocycles. The smallest absolute Gasteiger partial charge is 0.279 e. The summed E-state index contributed by atoms with van der Waals surface area (Å²) >= 11 is 0. The van der Waals surface area contributed by atoms with E-state index >= 15 is 0 Å². The molecule has 0 radical (unpaired) electrons. The van der Waals surface area contributed by atoms with E-state index in [9.17, 15) is 13.2 Å². The van der Waals surface area contributed by atoms with Crippen LogP contribution in [0.4, 0.5) is 5.69 Å². The van der Waals surface area contributed by atoms with Gasteiger partial charge >= 0.3 is 0 Å². The minimum absolute atomic E-state index is 0.188. The molecule has 2 aromatic carbocycles. The molecule has 1 saturated heterocycles. The minimum Gasteiger partial charge on any atom is -0.325 e. The number of benzene rings is 2. The quantitative estimate of drug-likeness (QED) is 0.762. The molecule has 0 unspecified atom stereocenters. The number of sulfonamides is 1. The Morgan fingerprint density at radius 3 is 2.37 bits per heavy atom. The number of nitriles is 1. The molecule has 1 amide bonds. The summed E-state index contributed by atoms with van der Waals surface area (Å²) in [6.07, 6.45) is 0.